The molecule has 2 unspecified atom stereocenters. The topological polar surface area (TPSA) is 81.7 Å². The number of carboxylic acids is 1. The molecular weight excluding hydrogens is 210 g/mol. The van der Waals surface area contributed by atoms with Crippen LogP contribution in [0.15, 0.2) is 0 Å². The van der Waals surface area contributed by atoms with Gasteiger partial charge in [-0.3, -0.25) is 4.79 Å². The molecule has 0 aromatic heterocycles. The molecule has 1 aliphatic heterocycles. The van der Waals surface area contributed by atoms with E-state index in [4.69, 9.17) is 5.11 Å². The highest BCUT2D eigenvalue weighted by Crippen LogP contribution is 2.03. The summed E-state index contributed by atoms with van der Waals surface area (Å²) in [5.41, 5.74) is 0. The second-order valence-electron chi connectivity index (χ2n) is 4.10. The van der Waals surface area contributed by atoms with E-state index in [1.54, 1.807) is 18.7 Å². The Bertz CT molecular complexity index is 264. The summed E-state index contributed by atoms with van der Waals surface area (Å²) in [6.07, 6.45) is 0. The van der Waals surface area contributed by atoms with Crippen LogP contribution in [0.25, 0.3) is 0 Å². The van der Waals surface area contributed by atoms with E-state index in [0.717, 1.165) is 13.1 Å². The molecule has 1 heterocycles. The van der Waals surface area contributed by atoms with Gasteiger partial charge < -0.3 is 20.6 Å². The van der Waals surface area contributed by atoms with E-state index < -0.39 is 11.9 Å². The Balaban J connectivity index is 2.40. The summed E-state index contributed by atoms with van der Waals surface area (Å²) in [7, 11) is 0. The lowest BCUT2D eigenvalue weighted by molar-refractivity contribution is -0.141. The number of carbonyl (C=O) groups excluding carboxylic acids is 1. The number of urea groups is 1. The van der Waals surface area contributed by atoms with E-state index in [-0.39, 0.29) is 12.1 Å². The number of nitrogens with zero attached hydrogens (tertiary/aromatic N) is 1. The minimum Gasteiger partial charge on any atom is -0.481 e. The predicted molar refractivity (Wildman–Crippen MR) is 59.2 cm³/mol. The molecule has 16 heavy (non-hydrogen) atoms. The summed E-state index contributed by atoms with van der Waals surface area (Å²) in [4.78, 5) is 24.1. The highest BCUT2D eigenvalue weighted by Gasteiger charge is 2.23. The fourth-order valence-electron chi connectivity index (χ4n) is 1.49. The van der Waals surface area contributed by atoms with Gasteiger partial charge in [0, 0.05) is 32.2 Å². The van der Waals surface area contributed by atoms with Crippen molar-refractivity contribution in [1.29, 1.82) is 0 Å². The molecule has 1 fully saturated rings. The summed E-state index contributed by atoms with van der Waals surface area (Å²) in [6, 6.07) is -0.540. The number of hydrogen-bond acceptors (Lipinski definition) is 3. The van der Waals surface area contributed by atoms with E-state index in [1.165, 1.54) is 0 Å². The van der Waals surface area contributed by atoms with E-state index in [9.17, 15) is 9.59 Å². The van der Waals surface area contributed by atoms with Gasteiger partial charge in [-0.15, -0.1) is 0 Å². The lowest BCUT2D eigenvalue weighted by Crippen LogP contribution is -2.53. The van der Waals surface area contributed by atoms with Crippen molar-refractivity contribution in [1.82, 2.24) is 15.5 Å². The predicted octanol–water partition coefficient (Wildman–Crippen LogP) is -0.290. The molecule has 92 valence electrons. The molecule has 0 aliphatic carbocycles. The average Bonchev–Trinajstić information content (AvgIpc) is 2.28. The maximum atomic E-state index is 11.7. The lowest BCUT2D eigenvalue weighted by Gasteiger charge is -2.29. The van der Waals surface area contributed by atoms with E-state index >= 15 is 0 Å². The smallest absolute Gasteiger partial charge is 0.317 e. The van der Waals surface area contributed by atoms with Gasteiger partial charge in [0.15, 0.2) is 0 Å². The summed E-state index contributed by atoms with van der Waals surface area (Å²) >= 11 is 0. The molecule has 0 radical (unpaired) electrons. The number of piperazine rings is 1. The maximum Gasteiger partial charge on any atom is 0.317 e. The Morgan fingerprint density at radius 2 is 1.88 bits per heavy atom. The Labute approximate surface area is 95.0 Å². The van der Waals surface area contributed by atoms with Crippen LogP contribution in [-0.4, -0.2) is 54.2 Å². The third-order valence-electron chi connectivity index (χ3n) is 2.89. The Morgan fingerprint density at radius 1 is 1.31 bits per heavy atom. The summed E-state index contributed by atoms with van der Waals surface area (Å²) in [6.45, 7) is 6.20. The van der Waals surface area contributed by atoms with E-state index in [0.29, 0.717) is 13.1 Å². The van der Waals surface area contributed by atoms with Crippen LogP contribution in [0, 0.1) is 5.92 Å². The summed E-state index contributed by atoms with van der Waals surface area (Å²) < 4.78 is 0. The van der Waals surface area contributed by atoms with Crippen molar-refractivity contribution in [3.05, 3.63) is 0 Å². The molecule has 1 rings (SSSR count). The van der Waals surface area contributed by atoms with Gasteiger partial charge in [-0.05, 0) is 13.8 Å². The number of nitrogens with one attached hydrogen (secondary N) is 2. The molecule has 0 saturated carbocycles. The number of amides is 2. The van der Waals surface area contributed by atoms with Crippen molar-refractivity contribution in [2.24, 2.45) is 5.92 Å². The quantitative estimate of drug-likeness (QED) is 0.621. The molecule has 0 bridgehead atoms. The lowest BCUT2D eigenvalue weighted by atomic mass is 10.0. The Hall–Kier alpha value is -1.30. The molecule has 0 aromatic rings. The van der Waals surface area contributed by atoms with Crippen molar-refractivity contribution in [2.45, 2.75) is 19.9 Å². The fourth-order valence-corrected chi connectivity index (χ4v) is 1.49. The largest absolute Gasteiger partial charge is 0.481 e. The van der Waals surface area contributed by atoms with Gasteiger partial charge in [-0.25, -0.2) is 4.79 Å². The highest BCUT2D eigenvalue weighted by molar-refractivity contribution is 5.76. The average molecular weight is 229 g/mol. The van der Waals surface area contributed by atoms with Crippen molar-refractivity contribution < 1.29 is 14.7 Å². The Kier molecular flexibility index (Phi) is 4.54. The summed E-state index contributed by atoms with van der Waals surface area (Å²) in [5.74, 6) is -1.47. The first-order chi connectivity index (χ1) is 7.52. The van der Waals surface area contributed by atoms with Crippen molar-refractivity contribution in [3.63, 3.8) is 0 Å². The van der Waals surface area contributed by atoms with Gasteiger partial charge in [0.2, 0.25) is 0 Å². The molecule has 6 nitrogen and oxygen atoms in total. The van der Waals surface area contributed by atoms with Gasteiger partial charge >= 0.3 is 12.0 Å². The first-order valence-corrected chi connectivity index (χ1v) is 5.51. The number of carbonyl (C=O) groups is 2. The molecule has 1 aliphatic rings. The van der Waals surface area contributed by atoms with Crippen molar-refractivity contribution >= 4 is 12.0 Å². The molecule has 0 aromatic carbocycles. The summed E-state index contributed by atoms with van der Waals surface area (Å²) in [5, 5.41) is 14.7. The Morgan fingerprint density at radius 3 is 2.38 bits per heavy atom. The number of carboxylic acid groups (broad SMARTS) is 1. The second kappa shape index (κ2) is 5.69. The third-order valence-corrected chi connectivity index (χ3v) is 2.89. The van der Waals surface area contributed by atoms with Crippen LogP contribution in [0.5, 0.6) is 0 Å². The standard InChI is InChI=1S/C10H19N3O3/c1-7(9(14)15)8(2)12-10(16)13-5-3-11-4-6-13/h7-8,11H,3-6H2,1-2H3,(H,12,16)(H,14,15). The van der Waals surface area contributed by atoms with Crippen LogP contribution in [0.1, 0.15) is 13.8 Å². The van der Waals surface area contributed by atoms with Gasteiger partial charge in [-0.2, -0.15) is 0 Å². The van der Waals surface area contributed by atoms with Crippen LogP contribution >= 0.6 is 0 Å². The van der Waals surface area contributed by atoms with E-state index in [1.807, 2.05) is 0 Å². The van der Waals surface area contributed by atoms with Crippen LogP contribution in [0.4, 0.5) is 4.79 Å². The monoisotopic (exact) mass is 229 g/mol. The normalized spacial score (nSPS) is 20.0. The zero-order valence-electron chi connectivity index (χ0n) is 9.69. The van der Waals surface area contributed by atoms with Gasteiger partial charge in [0.1, 0.15) is 0 Å². The molecule has 2 atom stereocenters. The van der Waals surface area contributed by atoms with Crippen molar-refractivity contribution in [2.75, 3.05) is 26.2 Å². The molecule has 0 spiro atoms. The molecule has 6 heteroatoms. The number of hydrogen-bond donors (Lipinski definition) is 3. The maximum absolute atomic E-state index is 11.7. The van der Waals surface area contributed by atoms with Crippen molar-refractivity contribution in [3.8, 4) is 0 Å². The number of rotatable bonds is 3. The molecule has 2 amide bonds. The van der Waals surface area contributed by atoms with E-state index in [2.05, 4.69) is 10.6 Å². The zero-order chi connectivity index (χ0) is 12.1. The first kappa shape index (κ1) is 12.8. The molecule has 3 N–H and O–H groups in total. The fraction of sp³-hybridized carbons (Fsp3) is 0.800. The van der Waals surface area contributed by atoms with Gasteiger partial charge in [0.25, 0.3) is 0 Å². The molecule has 1 saturated heterocycles. The number of aliphatic carboxylic acids is 1. The van der Waals surface area contributed by atoms with Crippen LogP contribution < -0.4 is 10.6 Å². The minimum atomic E-state index is -0.895. The first-order valence-electron chi connectivity index (χ1n) is 5.51. The second-order valence-corrected chi connectivity index (χ2v) is 4.10. The van der Waals surface area contributed by atoms with Gasteiger partial charge in [-0.1, -0.05) is 0 Å². The van der Waals surface area contributed by atoms with Gasteiger partial charge in [0.05, 0.1) is 5.92 Å². The van der Waals surface area contributed by atoms with Crippen LogP contribution in [0.3, 0.4) is 0 Å². The highest BCUT2D eigenvalue weighted by atomic mass is 16.4. The zero-order valence-corrected chi connectivity index (χ0v) is 9.69. The SMILES string of the molecule is CC(NC(=O)N1CCNCC1)C(C)C(=O)O. The van der Waals surface area contributed by atoms with Crippen LogP contribution in [-0.2, 0) is 4.79 Å². The third kappa shape index (κ3) is 3.37. The molecular formula is C10H19N3O3. The van der Waals surface area contributed by atoms with Crippen LogP contribution in [0.2, 0.25) is 0 Å². The minimum absolute atomic E-state index is 0.179.